The molecule has 2 aliphatic rings. The number of amides is 1. The van der Waals surface area contributed by atoms with E-state index in [9.17, 15) is 9.90 Å². The molecule has 0 radical (unpaired) electrons. The van der Waals surface area contributed by atoms with E-state index in [1.807, 2.05) is 36.4 Å². The molecule has 1 aliphatic heterocycles. The molecular formula is C25H25N3O2. The van der Waals surface area contributed by atoms with E-state index in [4.69, 9.17) is 5.10 Å². The monoisotopic (exact) mass is 399 g/mol. The standard InChI is InChI=1S/C25H25N3O2/c1-17-13-20(16-25(2,3)15-17)27-28-23(18-9-5-4-6-10-18)26-21(24(28)30)14-19-11-7-8-12-22(19)29/h4-12,14-15,29H,13,16H2,1-3H3. The molecule has 1 aliphatic carbocycles. The average molecular weight is 399 g/mol. The second kappa shape index (κ2) is 7.75. The van der Waals surface area contributed by atoms with Gasteiger partial charge in [0.15, 0.2) is 5.84 Å². The second-order valence-electron chi connectivity index (χ2n) is 8.51. The smallest absolute Gasteiger partial charge is 0.298 e. The van der Waals surface area contributed by atoms with Gasteiger partial charge in [-0.1, -0.05) is 74.0 Å². The number of amidine groups is 1. The molecule has 0 spiro atoms. The minimum Gasteiger partial charge on any atom is -0.507 e. The Morgan fingerprint density at radius 2 is 1.80 bits per heavy atom. The van der Waals surface area contributed by atoms with Gasteiger partial charge in [0, 0.05) is 23.3 Å². The minimum absolute atomic E-state index is 0.00247. The van der Waals surface area contributed by atoms with Crippen LogP contribution in [-0.4, -0.2) is 27.6 Å². The molecule has 0 saturated carbocycles. The first-order valence-corrected chi connectivity index (χ1v) is 10.1. The Bertz CT molecular complexity index is 1110. The molecule has 1 heterocycles. The highest BCUT2D eigenvalue weighted by Crippen LogP contribution is 2.33. The van der Waals surface area contributed by atoms with Gasteiger partial charge >= 0.3 is 0 Å². The number of phenols is 1. The van der Waals surface area contributed by atoms with E-state index in [1.54, 1.807) is 24.3 Å². The van der Waals surface area contributed by atoms with Crippen molar-refractivity contribution in [2.75, 3.05) is 0 Å². The number of aromatic hydroxyl groups is 1. The van der Waals surface area contributed by atoms with Crippen LogP contribution in [0.3, 0.4) is 0 Å². The number of carbonyl (C=O) groups excluding carboxylic acids is 1. The number of allylic oxidation sites excluding steroid dienone is 2. The third-order valence-electron chi connectivity index (χ3n) is 5.12. The van der Waals surface area contributed by atoms with Crippen LogP contribution in [0.5, 0.6) is 5.75 Å². The Balaban J connectivity index is 1.77. The number of phenolic OH excluding ortho intramolecular Hbond substituents is 1. The lowest BCUT2D eigenvalue weighted by molar-refractivity contribution is -0.122. The lowest BCUT2D eigenvalue weighted by Crippen LogP contribution is -2.31. The van der Waals surface area contributed by atoms with Gasteiger partial charge in [0.25, 0.3) is 5.91 Å². The zero-order valence-electron chi connectivity index (χ0n) is 17.5. The largest absolute Gasteiger partial charge is 0.507 e. The Kier molecular flexibility index (Phi) is 5.12. The lowest BCUT2D eigenvalue weighted by Gasteiger charge is -2.28. The number of hydrazone groups is 1. The molecule has 0 aromatic heterocycles. The quantitative estimate of drug-likeness (QED) is 0.573. The summed E-state index contributed by atoms with van der Waals surface area (Å²) in [7, 11) is 0. The molecule has 0 atom stereocenters. The molecule has 0 bridgehead atoms. The van der Waals surface area contributed by atoms with Gasteiger partial charge in [0.05, 0.1) is 0 Å². The number of nitrogens with zero attached hydrogens (tertiary/aromatic N) is 3. The third kappa shape index (κ3) is 4.10. The zero-order chi connectivity index (χ0) is 21.3. The highest BCUT2D eigenvalue weighted by Gasteiger charge is 2.33. The fraction of sp³-hybridized carbons (Fsp3) is 0.240. The molecular weight excluding hydrogens is 374 g/mol. The van der Waals surface area contributed by atoms with Crippen molar-refractivity contribution in [3.8, 4) is 5.75 Å². The van der Waals surface area contributed by atoms with E-state index < -0.39 is 0 Å². The number of carbonyl (C=O) groups is 1. The fourth-order valence-corrected chi connectivity index (χ4v) is 4.02. The molecule has 1 N–H and O–H groups in total. The lowest BCUT2D eigenvalue weighted by atomic mass is 9.79. The van der Waals surface area contributed by atoms with Crippen molar-refractivity contribution in [3.63, 3.8) is 0 Å². The van der Waals surface area contributed by atoms with Crippen LogP contribution in [0.15, 0.2) is 82.0 Å². The van der Waals surface area contributed by atoms with Crippen LogP contribution in [0.25, 0.3) is 6.08 Å². The van der Waals surface area contributed by atoms with Gasteiger partial charge in [-0.3, -0.25) is 4.79 Å². The normalized spacial score (nSPS) is 21.2. The van der Waals surface area contributed by atoms with Crippen molar-refractivity contribution in [2.45, 2.75) is 33.6 Å². The molecule has 0 saturated heterocycles. The first kappa shape index (κ1) is 19.8. The molecule has 0 fully saturated rings. The molecule has 5 heteroatoms. The number of para-hydroxylation sites is 1. The first-order valence-electron chi connectivity index (χ1n) is 10.1. The molecule has 0 unspecified atom stereocenters. The van der Waals surface area contributed by atoms with Crippen molar-refractivity contribution in [1.29, 1.82) is 0 Å². The van der Waals surface area contributed by atoms with Crippen LogP contribution < -0.4 is 0 Å². The van der Waals surface area contributed by atoms with E-state index in [0.29, 0.717) is 11.4 Å². The van der Waals surface area contributed by atoms with Gasteiger partial charge in [-0.2, -0.15) is 10.1 Å². The average Bonchev–Trinajstić information content (AvgIpc) is 2.98. The third-order valence-corrected chi connectivity index (χ3v) is 5.12. The summed E-state index contributed by atoms with van der Waals surface area (Å²) in [6.45, 7) is 6.44. The molecule has 2 aromatic carbocycles. The summed E-state index contributed by atoms with van der Waals surface area (Å²) < 4.78 is 0. The summed E-state index contributed by atoms with van der Waals surface area (Å²) in [5.41, 5.74) is 3.83. The van der Waals surface area contributed by atoms with Gasteiger partial charge in [-0.05, 0) is 30.9 Å². The van der Waals surface area contributed by atoms with Gasteiger partial charge in [-0.25, -0.2) is 4.99 Å². The topological polar surface area (TPSA) is 65.3 Å². The summed E-state index contributed by atoms with van der Waals surface area (Å²) in [4.78, 5) is 17.9. The summed E-state index contributed by atoms with van der Waals surface area (Å²) in [5.74, 6) is 0.309. The van der Waals surface area contributed by atoms with Crippen LogP contribution >= 0.6 is 0 Å². The Morgan fingerprint density at radius 1 is 1.10 bits per heavy atom. The van der Waals surface area contributed by atoms with Crippen LogP contribution in [-0.2, 0) is 4.79 Å². The number of benzene rings is 2. The van der Waals surface area contributed by atoms with E-state index in [1.165, 1.54) is 10.6 Å². The van der Waals surface area contributed by atoms with Crippen LogP contribution in [0.2, 0.25) is 0 Å². The summed E-state index contributed by atoms with van der Waals surface area (Å²) in [5, 5.41) is 16.3. The number of hydrogen-bond donors (Lipinski definition) is 1. The second-order valence-corrected chi connectivity index (χ2v) is 8.51. The molecule has 152 valence electrons. The summed E-state index contributed by atoms with van der Waals surface area (Å²) in [6.07, 6.45) is 5.41. The van der Waals surface area contributed by atoms with E-state index in [2.05, 4.69) is 31.8 Å². The maximum Gasteiger partial charge on any atom is 0.298 e. The van der Waals surface area contributed by atoms with Crippen molar-refractivity contribution in [1.82, 2.24) is 5.01 Å². The van der Waals surface area contributed by atoms with Gasteiger partial charge in [0.2, 0.25) is 0 Å². The van der Waals surface area contributed by atoms with Crippen molar-refractivity contribution in [2.24, 2.45) is 15.5 Å². The maximum absolute atomic E-state index is 13.3. The highest BCUT2D eigenvalue weighted by atomic mass is 16.3. The van der Waals surface area contributed by atoms with Gasteiger partial charge < -0.3 is 5.11 Å². The Hall–Kier alpha value is -3.47. The molecule has 4 rings (SSSR count). The Morgan fingerprint density at radius 3 is 2.50 bits per heavy atom. The van der Waals surface area contributed by atoms with Crippen LogP contribution in [0.1, 0.15) is 44.7 Å². The van der Waals surface area contributed by atoms with Crippen molar-refractivity contribution in [3.05, 3.63) is 83.1 Å². The van der Waals surface area contributed by atoms with E-state index in [0.717, 1.165) is 24.1 Å². The van der Waals surface area contributed by atoms with Crippen LogP contribution in [0.4, 0.5) is 0 Å². The molecule has 1 amide bonds. The summed E-state index contributed by atoms with van der Waals surface area (Å²) in [6, 6.07) is 16.5. The predicted molar refractivity (Wildman–Crippen MR) is 120 cm³/mol. The van der Waals surface area contributed by atoms with Crippen molar-refractivity contribution >= 4 is 23.5 Å². The number of aliphatic imine (C=N–C) groups is 1. The van der Waals surface area contributed by atoms with Gasteiger partial charge in [-0.15, -0.1) is 0 Å². The van der Waals surface area contributed by atoms with E-state index >= 15 is 0 Å². The highest BCUT2D eigenvalue weighted by molar-refractivity contribution is 6.20. The fourth-order valence-electron chi connectivity index (χ4n) is 4.02. The number of hydrogen-bond acceptors (Lipinski definition) is 4. The Labute approximate surface area is 176 Å². The SMILES string of the molecule is CC1=CC(C)(C)CC(=NN2C(=O)C(=Cc3ccccc3O)N=C2c2ccccc2)C1. The van der Waals surface area contributed by atoms with Crippen molar-refractivity contribution < 1.29 is 9.90 Å². The molecule has 2 aromatic rings. The summed E-state index contributed by atoms with van der Waals surface area (Å²) >= 11 is 0. The van der Waals surface area contributed by atoms with Crippen LogP contribution in [0, 0.1) is 5.41 Å². The minimum atomic E-state index is -0.297. The zero-order valence-corrected chi connectivity index (χ0v) is 17.5. The maximum atomic E-state index is 13.3. The number of rotatable bonds is 3. The molecule has 30 heavy (non-hydrogen) atoms. The first-order chi connectivity index (χ1) is 14.3. The molecule has 5 nitrogen and oxygen atoms in total. The predicted octanol–water partition coefficient (Wildman–Crippen LogP) is 5.14. The van der Waals surface area contributed by atoms with E-state index in [-0.39, 0.29) is 22.8 Å². The van der Waals surface area contributed by atoms with Gasteiger partial charge in [0.1, 0.15) is 11.4 Å².